The number of carbonyl (C=O) groups excluding carboxylic acids is 1. The molecule has 20 heavy (non-hydrogen) atoms. The highest BCUT2D eigenvalue weighted by atomic mass is 127. The van der Waals surface area contributed by atoms with Crippen LogP contribution in [0.1, 0.15) is 24.2 Å². The highest BCUT2D eigenvalue weighted by molar-refractivity contribution is 14.0. The third-order valence-electron chi connectivity index (χ3n) is 2.68. The first-order valence-electron chi connectivity index (χ1n) is 6.42. The monoisotopic (exact) mass is 391 g/mol. The number of carbonyl (C=O) groups is 1. The molecule has 0 aliphatic heterocycles. The minimum atomic E-state index is -0.148. The van der Waals surface area contributed by atoms with Crippen LogP contribution in [-0.2, 0) is 0 Å². The molecule has 1 heterocycles. The summed E-state index contributed by atoms with van der Waals surface area (Å²) in [6.07, 6.45) is 3.16. The fraction of sp³-hybridized carbons (Fsp3) is 0.462. The largest absolute Gasteiger partial charge is 0.370 e. The van der Waals surface area contributed by atoms with Gasteiger partial charge in [-0.1, -0.05) is 0 Å². The molecule has 6 nitrogen and oxygen atoms in total. The molecule has 3 N–H and O–H groups in total. The minimum Gasteiger partial charge on any atom is -0.370 e. The van der Waals surface area contributed by atoms with Crippen molar-refractivity contribution in [2.45, 2.75) is 13.8 Å². The minimum absolute atomic E-state index is 0. The van der Waals surface area contributed by atoms with Gasteiger partial charge < -0.3 is 16.0 Å². The van der Waals surface area contributed by atoms with Crippen molar-refractivity contribution in [1.29, 1.82) is 0 Å². The standard InChI is InChI=1S/C13H21N5O.HI/c1-3-18(4-2)13(14)17-9-8-16-12(19)11-6-5-7-15-10-11;/h5-7,10H,3-4,8-9H2,1-2H3,(H2,14,17)(H,16,19);1H. The van der Waals surface area contributed by atoms with Gasteiger partial charge in [-0.3, -0.25) is 14.8 Å². The Hall–Kier alpha value is -1.38. The first kappa shape index (κ1) is 18.6. The predicted octanol–water partition coefficient (Wildman–Crippen LogP) is 1.09. The van der Waals surface area contributed by atoms with E-state index in [1.165, 1.54) is 6.20 Å². The normalized spacial score (nSPS) is 10.6. The Labute approximate surface area is 136 Å². The Bertz CT molecular complexity index is 420. The maximum atomic E-state index is 11.7. The number of hydrogen-bond donors (Lipinski definition) is 2. The second-order valence-electron chi connectivity index (χ2n) is 3.91. The molecular formula is C13H22IN5O. The van der Waals surface area contributed by atoms with Crippen LogP contribution in [0.25, 0.3) is 0 Å². The van der Waals surface area contributed by atoms with Gasteiger partial charge in [0.25, 0.3) is 5.91 Å². The molecule has 0 radical (unpaired) electrons. The number of pyridine rings is 1. The van der Waals surface area contributed by atoms with E-state index in [-0.39, 0.29) is 29.9 Å². The van der Waals surface area contributed by atoms with Crippen molar-refractivity contribution in [2.24, 2.45) is 10.7 Å². The fourth-order valence-corrected chi connectivity index (χ4v) is 1.59. The van der Waals surface area contributed by atoms with E-state index in [4.69, 9.17) is 5.73 Å². The highest BCUT2D eigenvalue weighted by Gasteiger charge is 2.04. The lowest BCUT2D eigenvalue weighted by molar-refractivity contribution is 0.0954. The van der Waals surface area contributed by atoms with E-state index in [1.807, 2.05) is 18.7 Å². The van der Waals surface area contributed by atoms with Gasteiger partial charge in [0.05, 0.1) is 12.1 Å². The molecule has 0 bridgehead atoms. The summed E-state index contributed by atoms with van der Waals surface area (Å²) in [4.78, 5) is 21.8. The molecule has 0 fully saturated rings. The summed E-state index contributed by atoms with van der Waals surface area (Å²) >= 11 is 0. The lowest BCUT2D eigenvalue weighted by Gasteiger charge is -2.19. The van der Waals surface area contributed by atoms with Gasteiger partial charge >= 0.3 is 0 Å². The average Bonchev–Trinajstić information content (AvgIpc) is 2.45. The van der Waals surface area contributed by atoms with E-state index < -0.39 is 0 Å². The van der Waals surface area contributed by atoms with Crippen molar-refractivity contribution in [3.05, 3.63) is 30.1 Å². The molecule has 1 aromatic rings. The Morgan fingerprint density at radius 3 is 2.70 bits per heavy atom. The van der Waals surface area contributed by atoms with E-state index in [0.717, 1.165) is 13.1 Å². The van der Waals surface area contributed by atoms with Gasteiger partial charge in [-0.15, -0.1) is 24.0 Å². The lowest BCUT2D eigenvalue weighted by Crippen LogP contribution is -2.37. The van der Waals surface area contributed by atoms with Crippen LogP contribution < -0.4 is 11.1 Å². The second kappa shape index (κ2) is 10.4. The molecular weight excluding hydrogens is 369 g/mol. The molecule has 0 spiro atoms. The third-order valence-corrected chi connectivity index (χ3v) is 2.68. The molecule has 0 unspecified atom stereocenters. The molecule has 0 atom stereocenters. The first-order valence-corrected chi connectivity index (χ1v) is 6.42. The van der Waals surface area contributed by atoms with Crippen LogP contribution in [0, 0.1) is 0 Å². The van der Waals surface area contributed by atoms with E-state index in [9.17, 15) is 4.79 Å². The van der Waals surface area contributed by atoms with Crippen molar-refractivity contribution in [1.82, 2.24) is 15.2 Å². The van der Waals surface area contributed by atoms with Crippen LogP contribution in [-0.4, -0.2) is 47.9 Å². The number of guanidine groups is 1. The maximum Gasteiger partial charge on any atom is 0.252 e. The van der Waals surface area contributed by atoms with Crippen LogP contribution in [0.3, 0.4) is 0 Å². The first-order chi connectivity index (χ1) is 9.19. The smallest absolute Gasteiger partial charge is 0.252 e. The molecule has 112 valence electrons. The van der Waals surface area contributed by atoms with Crippen molar-refractivity contribution in [3.8, 4) is 0 Å². The van der Waals surface area contributed by atoms with E-state index in [0.29, 0.717) is 24.6 Å². The van der Waals surface area contributed by atoms with Crippen molar-refractivity contribution >= 4 is 35.8 Å². The number of amides is 1. The summed E-state index contributed by atoms with van der Waals surface area (Å²) in [7, 11) is 0. The number of nitrogens with one attached hydrogen (secondary N) is 1. The van der Waals surface area contributed by atoms with Crippen molar-refractivity contribution in [3.63, 3.8) is 0 Å². The topological polar surface area (TPSA) is 83.6 Å². The molecule has 0 saturated carbocycles. The molecule has 1 aromatic heterocycles. The zero-order valence-electron chi connectivity index (χ0n) is 11.9. The third kappa shape index (κ3) is 6.18. The van der Waals surface area contributed by atoms with Crippen molar-refractivity contribution < 1.29 is 4.79 Å². The SMILES string of the molecule is CCN(CC)C(N)=NCCNC(=O)c1cccnc1.I. The summed E-state index contributed by atoms with van der Waals surface area (Å²) in [6, 6.07) is 3.45. The predicted molar refractivity (Wildman–Crippen MR) is 91.4 cm³/mol. The second-order valence-corrected chi connectivity index (χ2v) is 3.91. The van der Waals surface area contributed by atoms with Gasteiger partial charge in [-0.05, 0) is 26.0 Å². The van der Waals surface area contributed by atoms with Gasteiger partial charge in [-0.25, -0.2) is 0 Å². The number of aromatic nitrogens is 1. The number of halogens is 1. The number of hydrogen-bond acceptors (Lipinski definition) is 3. The van der Waals surface area contributed by atoms with Crippen molar-refractivity contribution in [2.75, 3.05) is 26.2 Å². The van der Waals surface area contributed by atoms with E-state index >= 15 is 0 Å². The van der Waals surface area contributed by atoms with Gasteiger partial charge in [0.1, 0.15) is 0 Å². The van der Waals surface area contributed by atoms with Crippen LogP contribution in [0.15, 0.2) is 29.5 Å². The maximum absolute atomic E-state index is 11.7. The van der Waals surface area contributed by atoms with Crippen LogP contribution in [0.4, 0.5) is 0 Å². The number of rotatable bonds is 6. The molecule has 0 saturated heterocycles. The number of nitrogens with zero attached hydrogens (tertiary/aromatic N) is 3. The molecule has 0 aliphatic rings. The summed E-state index contributed by atoms with van der Waals surface area (Å²) < 4.78 is 0. The lowest BCUT2D eigenvalue weighted by atomic mass is 10.3. The zero-order valence-corrected chi connectivity index (χ0v) is 14.2. The molecule has 0 aromatic carbocycles. The zero-order chi connectivity index (χ0) is 14.1. The Balaban J connectivity index is 0.00000361. The van der Waals surface area contributed by atoms with Gasteiger partial charge in [0.2, 0.25) is 0 Å². The van der Waals surface area contributed by atoms with Crippen LogP contribution in [0.5, 0.6) is 0 Å². The van der Waals surface area contributed by atoms with E-state index in [1.54, 1.807) is 18.3 Å². The fourth-order valence-electron chi connectivity index (χ4n) is 1.59. The average molecular weight is 391 g/mol. The molecule has 1 rings (SSSR count). The van der Waals surface area contributed by atoms with Crippen LogP contribution >= 0.6 is 24.0 Å². The Morgan fingerprint density at radius 1 is 1.45 bits per heavy atom. The summed E-state index contributed by atoms with van der Waals surface area (Å²) in [5.41, 5.74) is 6.36. The summed E-state index contributed by atoms with van der Waals surface area (Å²) in [5.74, 6) is 0.366. The Morgan fingerprint density at radius 2 is 2.15 bits per heavy atom. The summed E-state index contributed by atoms with van der Waals surface area (Å²) in [5, 5.41) is 2.77. The summed E-state index contributed by atoms with van der Waals surface area (Å²) in [6.45, 7) is 6.62. The quantitative estimate of drug-likeness (QED) is 0.329. The van der Waals surface area contributed by atoms with Gasteiger partial charge in [0, 0.05) is 32.0 Å². The van der Waals surface area contributed by atoms with Gasteiger partial charge in [-0.2, -0.15) is 0 Å². The number of nitrogens with two attached hydrogens (primary N) is 1. The van der Waals surface area contributed by atoms with Gasteiger partial charge in [0.15, 0.2) is 5.96 Å². The molecule has 1 amide bonds. The molecule has 7 heteroatoms. The number of aliphatic imine (C=N–C) groups is 1. The highest BCUT2D eigenvalue weighted by Crippen LogP contribution is 1.94. The van der Waals surface area contributed by atoms with E-state index in [2.05, 4.69) is 15.3 Å². The molecule has 0 aliphatic carbocycles. The van der Waals surface area contributed by atoms with Crippen LogP contribution in [0.2, 0.25) is 0 Å². The Kier molecular flexibility index (Phi) is 9.69.